The van der Waals surface area contributed by atoms with Gasteiger partial charge in [0.1, 0.15) is 6.54 Å². The smallest absolute Gasteiger partial charge is 0.307 e. The second-order valence-corrected chi connectivity index (χ2v) is 6.80. The summed E-state index contributed by atoms with van der Waals surface area (Å²) in [6.45, 7) is -1.37. The molecule has 0 radical (unpaired) electrons. The van der Waals surface area contributed by atoms with E-state index in [2.05, 4.69) is 0 Å². The highest BCUT2D eigenvalue weighted by Gasteiger charge is 2.24. The van der Waals surface area contributed by atoms with Crippen molar-refractivity contribution in [2.75, 3.05) is 27.7 Å². The van der Waals surface area contributed by atoms with Gasteiger partial charge in [-0.25, -0.2) is 0 Å². The topological polar surface area (TPSA) is 63.6 Å². The number of unbranched alkanes of at least 4 members (excludes halogenated alkanes) is 5. The number of carboxylic acid groups (broad SMARTS) is 1. The van der Waals surface area contributed by atoms with Crippen molar-refractivity contribution >= 4 is 11.9 Å². The van der Waals surface area contributed by atoms with E-state index in [-0.39, 0.29) is 18.8 Å². The van der Waals surface area contributed by atoms with Crippen LogP contribution in [0.5, 0.6) is 0 Å². The molecule has 0 heterocycles. The number of aliphatic carboxylic acids is 1. The maximum Gasteiger partial charge on any atom is 0.307 e. The summed E-state index contributed by atoms with van der Waals surface area (Å²) in [5.41, 5.74) is 0. The Bertz CT molecular complexity index is 406. The lowest BCUT2D eigenvalue weighted by atomic mass is 10.1. The number of carbonyl (C=O) groups is 2. The molecule has 0 aromatic carbocycles. The van der Waals surface area contributed by atoms with Crippen LogP contribution in [-0.2, 0) is 14.3 Å². The Labute approximate surface area is 139 Å². The highest BCUT2D eigenvalue weighted by Crippen LogP contribution is 2.11. The third-order valence-electron chi connectivity index (χ3n) is 3.26. The first kappa shape index (κ1) is 15.8. The van der Waals surface area contributed by atoms with E-state index < -0.39 is 18.9 Å². The number of rotatable bonds is 13. The minimum Gasteiger partial charge on any atom is -0.481 e. The molecular formula is C17H34NO4+. The molecule has 0 fully saturated rings. The first-order valence-corrected chi connectivity index (χ1v) is 8.11. The highest BCUT2D eigenvalue weighted by atomic mass is 16.5. The van der Waals surface area contributed by atoms with E-state index in [0.29, 0.717) is 30.3 Å². The summed E-state index contributed by atoms with van der Waals surface area (Å²) in [4.78, 5) is 22.8. The molecule has 0 spiro atoms. The number of nitrogens with zero attached hydrogens (tertiary/aromatic N) is 1. The van der Waals surface area contributed by atoms with E-state index >= 15 is 0 Å². The lowest BCUT2D eigenvalue weighted by Gasteiger charge is -2.28. The number of carboxylic acids is 1. The van der Waals surface area contributed by atoms with Crippen LogP contribution in [0.15, 0.2) is 0 Å². The fourth-order valence-corrected chi connectivity index (χ4v) is 2.30. The van der Waals surface area contributed by atoms with Crippen molar-refractivity contribution in [2.24, 2.45) is 0 Å². The van der Waals surface area contributed by atoms with Crippen molar-refractivity contribution in [1.29, 1.82) is 0 Å². The van der Waals surface area contributed by atoms with E-state index in [1.165, 1.54) is 0 Å². The van der Waals surface area contributed by atoms with E-state index in [9.17, 15) is 9.59 Å². The zero-order valence-electron chi connectivity index (χ0n) is 17.3. The molecule has 1 atom stereocenters. The molecule has 0 aromatic rings. The molecule has 1 N–H and O–H groups in total. The Morgan fingerprint density at radius 3 is 2.23 bits per heavy atom. The van der Waals surface area contributed by atoms with E-state index in [4.69, 9.17) is 14.0 Å². The third kappa shape index (κ3) is 13.9. The van der Waals surface area contributed by atoms with Gasteiger partial charge >= 0.3 is 11.9 Å². The van der Waals surface area contributed by atoms with Crippen molar-refractivity contribution < 1.29 is 28.0 Å². The highest BCUT2D eigenvalue weighted by molar-refractivity contribution is 5.71. The SMILES string of the molecule is [2H]C([2H])([2H])CCCCCCCCC(=O)O[C@H](CC(=O)O)C[N+](C)(C)C. The summed E-state index contributed by atoms with van der Waals surface area (Å²) in [5.74, 6) is -1.31. The molecule has 0 aliphatic heterocycles. The molecule has 0 unspecified atom stereocenters. The second kappa shape index (κ2) is 11.5. The van der Waals surface area contributed by atoms with Crippen LogP contribution in [0.2, 0.25) is 0 Å². The Kier molecular flexibility index (Phi) is 8.23. The lowest BCUT2D eigenvalue weighted by molar-refractivity contribution is -0.873. The van der Waals surface area contributed by atoms with Gasteiger partial charge in [0.2, 0.25) is 0 Å². The summed E-state index contributed by atoms with van der Waals surface area (Å²) in [7, 11) is 5.78. The molecule has 5 heteroatoms. The molecule has 0 bridgehead atoms. The first-order chi connectivity index (χ1) is 11.4. The molecule has 0 aliphatic carbocycles. The standard InChI is InChI=1S/C17H33NO4/c1-5-6-7-8-9-10-11-12-17(21)22-15(13-16(19)20)14-18(2,3)4/h15H,5-14H2,1-4H3/p+1/t15-/m1/s1/i1D3. The van der Waals surface area contributed by atoms with Crippen LogP contribution in [0, 0.1) is 0 Å². The van der Waals surface area contributed by atoms with Crippen LogP contribution in [-0.4, -0.2) is 55.3 Å². The minimum atomic E-state index is -1.83. The van der Waals surface area contributed by atoms with Gasteiger partial charge in [0, 0.05) is 10.5 Å². The summed E-state index contributed by atoms with van der Waals surface area (Å²) in [5, 5.41) is 8.93. The normalized spacial score (nSPS) is 15.5. The molecule has 0 saturated heterocycles. The molecule has 0 aromatic heterocycles. The van der Waals surface area contributed by atoms with Gasteiger partial charge in [-0.05, 0) is 6.42 Å². The van der Waals surface area contributed by atoms with Crippen LogP contribution in [0.1, 0.15) is 68.8 Å². The van der Waals surface area contributed by atoms with Crippen molar-refractivity contribution in [2.45, 2.75) is 70.7 Å². The minimum absolute atomic E-state index is 0.176. The Morgan fingerprint density at radius 2 is 1.68 bits per heavy atom. The molecule has 0 aliphatic rings. The molecular weight excluding hydrogens is 282 g/mol. The Hall–Kier alpha value is -1.10. The van der Waals surface area contributed by atoms with Gasteiger partial charge in [-0.2, -0.15) is 0 Å². The molecule has 0 saturated carbocycles. The van der Waals surface area contributed by atoms with Gasteiger partial charge in [-0.15, -0.1) is 0 Å². The van der Waals surface area contributed by atoms with Crippen LogP contribution in [0.3, 0.4) is 0 Å². The zero-order valence-corrected chi connectivity index (χ0v) is 14.3. The van der Waals surface area contributed by atoms with Crippen molar-refractivity contribution in [3.05, 3.63) is 0 Å². The summed E-state index contributed by atoms with van der Waals surface area (Å²) in [6, 6.07) is 0. The molecule has 22 heavy (non-hydrogen) atoms. The fourth-order valence-electron chi connectivity index (χ4n) is 2.30. The number of esters is 1. The van der Waals surface area contributed by atoms with Gasteiger partial charge in [-0.3, -0.25) is 9.59 Å². The molecule has 0 rings (SSSR count). The number of hydrogen-bond acceptors (Lipinski definition) is 3. The monoisotopic (exact) mass is 319 g/mol. The van der Waals surface area contributed by atoms with E-state index in [1.807, 2.05) is 21.1 Å². The Balaban J connectivity index is 3.87. The summed E-state index contributed by atoms with van der Waals surface area (Å²) < 4.78 is 27.2. The van der Waals surface area contributed by atoms with Gasteiger partial charge in [0.05, 0.1) is 27.6 Å². The summed E-state index contributed by atoms with van der Waals surface area (Å²) >= 11 is 0. The number of likely N-dealkylation sites (N-methyl/N-ethyl adjacent to an activating group) is 1. The van der Waals surface area contributed by atoms with Crippen LogP contribution in [0.25, 0.3) is 0 Å². The number of ether oxygens (including phenoxy) is 1. The van der Waals surface area contributed by atoms with E-state index in [0.717, 1.165) is 25.7 Å². The summed E-state index contributed by atoms with van der Waals surface area (Å²) in [6.07, 6.45) is 4.91. The predicted octanol–water partition coefficient (Wildman–Crippen LogP) is 3.22. The van der Waals surface area contributed by atoms with Crippen LogP contribution < -0.4 is 0 Å². The van der Waals surface area contributed by atoms with E-state index in [1.54, 1.807) is 0 Å². The van der Waals surface area contributed by atoms with Crippen molar-refractivity contribution in [3.63, 3.8) is 0 Å². The lowest BCUT2D eigenvalue weighted by Crippen LogP contribution is -2.43. The number of quaternary nitrogens is 1. The van der Waals surface area contributed by atoms with Gasteiger partial charge in [0.25, 0.3) is 0 Å². The molecule has 0 amide bonds. The van der Waals surface area contributed by atoms with Gasteiger partial charge in [-0.1, -0.05) is 45.4 Å². The predicted molar refractivity (Wildman–Crippen MR) is 87.6 cm³/mol. The first-order valence-electron chi connectivity index (χ1n) is 9.61. The van der Waals surface area contributed by atoms with Crippen molar-refractivity contribution in [3.8, 4) is 0 Å². The average Bonchev–Trinajstić information content (AvgIpc) is 2.37. The maximum atomic E-state index is 11.9. The Morgan fingerprint density at radius 1 is 1.09 bits per heavy atom. The van der Waals surface area contributed by atoms with Gasteiger partial charge < -0.3 is 14.3 Å². The second-order valence-electron chi connectivity index (χ2n) is 6.80. The van der Waals surface area contributed by atoms with Crippen LogP contribution in [0.4, 0.5) is 0 Å². The zero-order chi connectivity index (χ0) is 19.5. The largest absolute Gasteiger partial charge is 0.481 e. The number of carbonyl (C=O) groups excluding carboxylic acids is 1. The molecule has 5 nitrogen and oxygen atoms in total. The third-order valence-corrected chi connectivity index (χ3v) is 3.26. The average molecular weight is 319 g/mol. The van der Waals surface area contributed by atoms with Gasteiger partial charge in [0.15, 0.2) is 6.10 Å². The maximum absolute atomic E-state index is 11.9. The van der Waals surface area contributed by atoms with Crippen LogP contribution >= 0.6 is 0 Å². The fraction of sp³-hybridized carbons (Fsp3) is 0.882. The number of hydrogen-bond donors (Lipinski definition) is 1. The van der Waals surface area contributed by atoms with Crippen molar-refractivity contribution in [1.82, 2.24) is 0 Å². The quantitative estimate of drug-likeness (QED) is 0.322. The molecule has 130 valence electrons.